The molecule has 0 saturated heterocycles. The van der Waals surface area contributed by atoms with Crippen LogP contribution in [0.2, 0.25) is 0 Å². The molecule has 1 aliphatic heterocycles. The summed E-state index contributed by atoms with van der Waals surface area (Å²) in [5.41, 5.74) is 1.16. The summed E-state index contributed by atoms with van der Waals surface area (Å²) in [6.07, 6.45) is 7.13. The Balaban J connectivity index is 1.40. The quantitative estimate of drug-likeness (QED) is 0.665. The minimum absolute atomic E-state index is 0.242. The SMILES string of the molecule is O=C(Nc1cccc2cnccc12)NC1CC2(CCC2)Oc2ccc(F)cc21. The summed E-state index contributed by atoms with van der Waals surface area (Å²) >= 11 is 0. The average molecular weight is 377 g/mol. The van der Waals surface area contributed by atoms with Gasteiger partial charge in [-0.2, -0.15) is 0 Å². The van der Waals surface area contributed by atoms with Gasteiger partial charge in [0, 0.05) is 35.2 Å². The van der Waals surface area contributed by atoms with Crippen molar-refractivity contribution in [3.63, 3.8) is 0 Å². The molecule has 1 spiro atoms. The standard InChI is InChI=1S/C22H20FN3O2/c23-15-5-6-20-17(11-15)19(12-22(28-20)8-2-9-22)26-21(27)25-18-4-1-3-14-13-24-10-7-16(14)18/h1,3-7,10-11,13,19H,2,8-9,12H2,(H2,25,26,27). The second-order valence-electron chi connectivity index (χ2n) is 7.58. The zero-order chi connectivity index (χ0) is 19.1. The number of anilines is 1. The third-order valence-electron chi connectivity index (χ3n) is 5.75. The molecule has 1 aromatic heterocycles. The van der Waals surface area contributed by atoms with Crippen LogP contribution < -0.4 is 15.4 Å². The maximum atomic E-state index is 13.8. The number of benzene rings is 2. The normalized spacial score (nSPS) is 19.4. The van der Waals surface area contributed by atoms with E-state index in [1.165, 1.54) is 12.1 Å². The Hall–Kier alpha value is -3.15. The molecular formula is C22H20FN3O2. The van der Waals surface area contributed by atoms with E-state index >= 15 is 0 Å². The summed E-state index contributed by atoms with van der Waals surface area (Å²) in [4.78, 5) is 16.9. The van der Waals surface area contributed by atoms with Crippen LogP contribution in [0.1, 0.15) is 37.3 Å². The van der Waals surface area contributed by atoms with Crippen LogP contribution in [0.15, 0.2) is 54.9 Å². The fraction of sp³-hybridized carbons (Fsp3) is 0.273. The van der Waals surface area contributed by atoms with Crippen LogP contribution >= 0.6 is 0 Å². The average Bonchev–Trinajstić information content (AvgIpc) is 2.67. The number of urea groups is 1. The van der Waals surface area contributed by atoms with Gasteiger partial charge < -0.3 is 15.4 Å². The van der Waals surface area contributed by atoms with Crippen molar-refractivity contribution < 1.29 is 13.9 Å². The maximum Gasteiger partial charge on any atom is 0.319 e. The number of ether oxygens (including phenoxy) is 1. The molecule has 142 valence electrons. The van der Waals surface area contributed by atoms with Gasteiger partial charge in [0.15, 0.2) is 0 Å². The van der Waals surface area contributed by atoms with Gasteiger partial charge in [0.25, 0.3) is 0 Å². The molecule has 1 aliphatic carbocycles. The number of carbonyl (C=O) groups excluding carboxylic acids is 1. The van der Waals surface area contributed by atoms with Gasteiger partial charge >= 0.3 is 6.03 Å². The summed E-state index contributed by atoms with van der Waals surface area (Å²) < 4.78 is 20.0. The summed E-state index contributed by atoms with van der Waals surface area (Å²) in [6, 6.07) is 11.4. The van der Waals surface area contributed by atoms with Gasteiger partial charge in [-0.05, 0) is 49.6 Å². The highest BCUT2D eigenvalue weighted by Gasteiger charge is 2.46. The molecule has 0 bridgehead atoms. The number of halogens is 1. The van der Waals surface area contributed by atoms with Crippen molar-refractivity contribution in [2.75, 3.05) is 5.32 Å². The van der Waals surface area contributed by atoms with Crippen molar-refractivity contribution >= 4 is 22.5 Å². The Morgan fingerprint density at radius 2 is 2.11 bits per heavy atom. The molecule has 3 aromatic rings. The van der Waals surface area contributed by atoms with E-state index in [9.17, 15) is 9.18 Å². The number of rotatable bonds is 2. The third-order valence-corrected chi connectivity index (χ3v) is 5.75. The Morgan fingerprint density at radius 1 is 1.21 bits per heavy atom. The van der Waals surface area contributed by atoms with Gasteiger partial charge in [0.2, 0.25) is 0 Å². The Labute approximate surface area is 161 Å². The predicted octanol–water partition coefficient (Wildman–Crippen LogP) is 4.94. The topological polar surface area (TPSA) is 63.2 Å². The minimum Gasteiger partial charge on any atom is -0.487 e. The van der Waals surface area contributed by atoms with Crippen LogP contribution in [0.4, 0.5) is 14.9 Å². The number of aromatic nitrogens is 1. The molecule has 1 atom stereocenters. The van der Waals surface area contributed by atoms with Crippen LogP contribution in [0.5, 0.6) is 5.75 Å². The number of hydrogen-bond acceptors (Lipinski definition) is 3. The first kappa shape index (κ1) is 17.0. The van der Waals surface area contributed by atoms with Crippen molar-refractivity contribution in [3.05, 3.63) is 66.2 Å². The monoisotopic (exact) mass is 377 g/mol. The van der Waals surface area contributed by atoms with E-state index in [0.29, 0.717) is 23.4 Å². The molecule has 6 heteroatoms. The zero-order valence-electron chi connectivity index (χ0n) is 15.2. The number of nitrogens with zero attached hydrogens (tertiary/aromatic N) is 1. The first-order valence-corrected chi connectivity index (χ1v) is 9.51. The van der Waals surface area contributed by atoms with E-state index in [2.05, 4.69) is 15.6 Å². The molecule has 1 fully saturated rings. The third kappa shape index (κ3) is 2.95. The summed E-state index contributed by atoms with van der Waals surface area (Å²) in [7, 11) is 0. The maximum absolute atomic E-state index is 13.8. The lowest BCUT2D eigenvalue weighted by Gasteiger charge is -2.48. The number of fused-ring (bicyclic) bond motifs is 2. The van der Waals surface area contributed by atoms with Crippen LogP contribution in [0.25, 0.3) is 10.8 Å². The number of carbonyl (C=O) groups is 1. The summed E-state index contributed by atoms with van der Waals surface area (Å²) in [6.45, 7) is 0. The predicted molar refractivity (Wildman–Crippen MR) is 105 cm³/mol. The number of nitrogens with one attached hydrogen (secondary N) is 2. The Bertz CT molecular complexity index is 1060. The van der Waals surface area contributed by atoms with Gasteiger partial charge in [0.05, 0.1) is 11.7 Å². The van der Waals surface area contributed by atoms with Crippen molar-refractivity contribution in [3.8, 4) is 5.75 Å². The highest BCUT2D eigenvalue weighted by Crippen LogP contribution is 2.48. The smallest absolute Gasteiger partial charge is 0.319 e. The van der Waals surface area contributed by atoms with Crippen molar-refractivity contribution in [2.24, 2.45) is 0 Å². The summed E-state index contributed by atoms with van der Waals surface area (Å²) in [5.74, 6) is 0.328. The zero-order valence-corrected chi connectivity index (χ0v) is 15.2. The minimum atomic E-state index is -0.333. The van der Waals surface area contributed by atoms with Crippen LogP contribution in [0.3, 0.4) is 0 Å². The molecule has 2 heterocycles. The van der Waals surface area contributed by atoms with Crippen molar-refractivity contribution in [2.45, 2.75) is 37.3 Å². The van der Waals surface area contributed by atoms with E-state index in [1.54, 1.807) is 18.5 Å². The second kappa shape index (κ2) is 6.48. The molecule has 2 aromatic carbocycles. The molecule has 1 saturated carbocycles. The fourth-order valence-electron chi connectivity index (χ4n) is 4.20. The van der Waals surface area contributed by atoms with Gasteiger partial charge in [-0.3, -0.25) is 4.98 Å². The highest BCUT2D eigenvalue weighted by atomic mass is 19.1. The van der Waals surface area contributed by atoms with Crippen LogP contribution in [0, 0.1) is 5.82 Å². The van der Waals surface area contributed by atoms with E-state index < -0.39 is 0 Å². The Kier molecular flexibility index (Phi) is 3.93. The molecule has 28 heavy (non-hydrogen) atoms. The van der Waals surface area contributed by atoms with E-state index in [4.69, 9.17) is 4.74 Å². The lowest BCUT2D eigenvalue weighted by molar-refractivity contribution is -0.0355. The number of amides is 2. The first-order chi connectivity index (χ1) is 13.6. The largest absolute Gasteiger partial charge is 0.487 e. The van der Waals surface area contributed by atoms with Crippen LogP contribution in [-0.4, -0.2) is 16.6 Å². The Morgan fingerprint density at radius 3 is 2.93 bits per heavy atom. The molecule has 2 amide bonds. The van der Waals surface area contributed by atoms with E-state index in [1.807, 2.05) is 24.3 Å². The second-order valence-corrected chi connectivity index (χ2v) is 7.58. The van der Waals surface area contributed by atoms with Crippen molar-refractivity contribution in [1.82, 2.24) is 10.3 Å². The van der Waals surface area contributed by atoms with Crippen molar-refractivity contribution in [1.29, 1.82) is 0 Å². The summed E-state index contributed by atoms with van der Waals surface area (Å²) in [5, 5.41) is 7.82. The fourth-order valence-corrected chi connectivity index (χ4v) is 4.20. The molecule has 2 N–H and O–H groups in total. The lowest BCUT2D eigenvalue weighted by Crippen LogP contribution is -2.50. The van der Waals surface area contributed by atoms with Gasteiger partial charge in [-0.1, -0.05) is 12.1 Å². The van der Waals surface area contributed by atoms with E-state index in [0.717, 1.165) is 30.0 Å². The molecule has 5 nitrogen and oxygen atoms in total. The molecule has 5 rings (SSSR count). The first-order valence-electron chi connectivity index (χ1n) is 9.51. The highest BCUT2D eigenvalue weighted by molar-refractivity contribution is 6.01. The molecule has 2 aliphatic rings. The van der Waals surface area contributed by atoms with Crippen LogP contribution in [-0.2, 0) is 0 Å². The van der Waals surface area contributed by atoms with E-state index in [-0.39, 0.29) is 23.5 Å². The van der Waals surface area contributed by atoms with Gasteiger partial charge in [-0.15, -0.1) is 0 Å². The molecule has 0 radical (unpaired) electrons. The molecular weight excluding hydrogens is 357 g/mol. The molecule has 1 unspecified atom stereocenters. The van der Waals surface area contributed by atoms with Gasteiger partial charge in [0.1, 0.15) is 17.2 Å². The van der Waals surface area contributed by atoms with Gasteiger partial charge in [-0.25, -0.2) is 9.18 Å². The number of pyridine rings is 1. The number of hydrogen-bond donors (Lipinski definition) is 2. The lowest BCUT2D eigenvalue weighted by atomic mass is 9.73.